The van der Waals surface area contributed by atoms with Crippen LogP contribution >= 0.6 is 24.4 Å². The van der Waals surface area contributed by atoms with Gasteiger partial charge in [-0.3, -0.25) is 0 Å². The minimum Gasteiger partial charge on any atom is -0.380 e. The van der Waals surface area contributed by atoms with E-state index in [9.17, 15) is 0 Å². The molecule has 2 rings (SSSR count). The van der Waals surface area contributed by atoms with E-state index < -0.39 is 0 Å². The van der Waals surface area contributed by atoms with Crippen LogP contribution < -0.4 is 0 Å². The first-order valence-electron chi connectivity index (χ1n) is 5.57. The number of H-pyrrole nitrogens is 1. The number of ether oxygens (including phenoxy) is 1. The maximum Gasteiger partial charge on any atom is 0.166 e. The van der Waals surface area contributed by atoms with Crippen LogP contribution in [0.3, 0.4) is 0 Å². The van der Waals surface area contributed by atoms with Gasteiger partial charge in [0, 0.05) is 11.5 Å². The van der Waals surface area contributed by atoms with Gasteiger partial charge in [-0.2, -0.15) is 12.6 Å². The van der Waals surface area contributed by atoms with Gasteiger partial charge in [0.25, 0.3) is 0 Å². The van der Waals surface area contributed by atoms with Gasteiger partial charge in [-0.15, -0.1) is 0 Å². The van der Waals surface area contributed by atoms with Crippen LogP contribution in [0.15, 0.2) is 23.4 Å². The second kappa shape index (κ2) is 6.33. The number of aryl methyl sites for hydroxylation is 1. The fourth-order valence-corrected chi connectivity index (χ4v) is 2.40. The van der Waals surface area contributed by atoms with E-state index in [0.29, 0.717) is 6.61 Å². The minimum absolute atomic E-state index is 0.711. The van der Waals surface area contributed by atoms with Crippen LogP contribution in [0.2, 0.25) is 0 Å². The number of aromatic amines is 1. The molecule has 0 atom stereocenters. The summed E-state index contributed by atoms with van der Waals surface area (Å²) in [6.45, 7) is 3.53. The topological polar surface area (TPSA) is 37.9 Å². The second-order valence-electron chi connectivity index (χ2n) is 3.75. The maximum atomic E-state index is 5.36. The quantitative estimate of drug-likeness (QED) is 0.480. The van der Waals surface area contributed by atoms with Gasteiger partial charge in [-0.1, -0.05) is 17.8 Å². The summed E-state index contributed by atoms with van der Waals surface area (Å²) < 4.78 is 5.36. The standard InChI is InChI=1S/C12H16N2OS2/c1-9-2-3-10-11(8-9)14-12(13-10)17-7-5-15-4-6-16/h2-3,8,16H,4-7H2,1H3,(H,13,14). The smallest absolute Gasteiger partial charge is 0.166 e. The highest BCUT2D eigenvalue weighted by Gasteiger charge is 2.02. The first-order chi connectivity index (χ1) is 8.29. The normalized spacial score (nSPS) is 11.2. The zero-order valence-corrected chi connectivity index (χ0v) is 11.5. The SMILES string of the molecule is Cc1ccc2nc(SCCOCCS)[nH]c2c1. The Bertz CT molecular complexity index is 484. The average Bonchev–Trinajstić information content (AvgIpc) is 2.70. The van der Waals surface area contributed by atoms with Crippen molar-refractivity contribution in [1.29, 1.82) is 0 Å². The number of nitrogens with one attached hydrogen (secondary N) is 1. The van der Waals surface area contributed by atoms with Crippen LogP contribution in [0, 0.1) is 6.92 Å². The largest absolute Gasteiger partial charge is 0.380 e. The van der Waals surface area contributed by atoms with Crippen LogP contribution in [0.25, 0.3) is 11.0 Å². The molecule has 17 heavy (non-hydrogen) atoms. The van der Waals surface area contributed by atoms with E-state index in [1.165, 1.54) is 5.56 Å². The third kappa shape index (κ3) is 3.66. The van der Waals surface area contributed by atoms with E-state index >= 15 is 0 Å². The van der Waals surface area contributed by atoms with Crippen molar-refractivity contribution in [2.75, 3.05) is 24.7 Å². The van der Waals surface area contributed by atoms with E-state index in [1.54, 1.807) is 11.8 Å². The van der Waals surface area contributed by atoms with Crippen LogP contribution in [0.4, 0.5) is 0 Å². The summed E-state index contributed by atoms with van der Waals surface area (Å²) in [7, 11) is 0. The zero-order chi connectivity index (χ0) is 12.1. The lowest BCUT2D eigenvalue weighted by molar-refractivity contribution is 0.167. The summed E-state index contributed by atoms with van der Waals surface area (Å²) in [5, 5.41) is 0.958. The van der Waals surface area contributed by atoms with Gasteiger partial charge >= 0.3 is 0 Å². The van der Waals surface area contributed by atoms with Crippen LogP contribution in [-0.4, -0.2) is 34.7 Å². The molecule has 0 saturated heterocycles. The molecule has 0 aliphatic heterocycles. The molecule has 0 spiro atoms. The highest BCUT2D eigenvalue weighted by molar-refractivity contribution is 7.99. The van der Waals surface area contributed by atoms with Crippen LogP contribution in [0.5, 0.6) is 0 Å². The third-order valence-corrected chi connectivity index (χ3v) is 3.34. The molecule has 0 fully saturated rings. The van der Waals surface area contributed by atoms with E-state index in [2.05, 4.69) is 41.7 Å². The lowest BCUT2D eigenvalue weighted by Gasteiger charge is -1.99. The summed E-state index contributed by atoms with van der Waals surface area (Å²) in [6, 6.07) is 6.24. The van der Waals surface area contributed by atoms with E-state index in [0.717, 1.165) is 34.3 Å². The first-order valence-corrected chi connectivity index (χ1v) is 7.19. The Kier molecular flexibility index (Phi) is 4.76. The molecule has 92 valence electrons. The van der Waals surface area contributed by atoms with Crippen molar-refractivity contribution in [3.05, 3.63) is 23.8 Å². The Morgan fingerprint density at radius 1 is 1.41 bits per heavy atom. The van der Waals surface area contributed by atoms with Crippen molar-refractivity contribution < 1.29 is 4.74 Å². The summed E-state index contributed by atoms with van der Waals surface area (Å²) in [5.41, 5.74) is 3.37. The van der Waals surface area contributed by atoms with Gasteiger partial charge in [-0.25, -0.2) is 4.98 Å². The van der Waals surface area contributed by atoms with Crippen LogP contribution in [0.1, 0.15) is 5.56 Å². The fraction of sp³-hybridized carbons (Fsp3) is 0.417. The van der Waals surface area contributed by atoms with E-state index in [4.69, 9.17) is 4.74 Å². The Morgan fingerprint density at radius 2 is 2.29 bits per heavy atom. The number of fused-ring (bicyclic) bond motifs is 1. The first kappa shape index (κ1) is 12.8. The van der Waals surface area contributed by atoms with Gasteiger partial charge in [0.05, 0.1) is 24.2 Å². The molecule has 1 aromatic carbocycles. The number of benzene rings is 1. The van der Waals surface area contributed by atoms with Crippen LogP contribution in [-0.2, 0) is 4.74 Å². The molecule has 1 aromatic heterocycles. The number of hydrogen-bond donors (Lipinski definition) is 2. The number of thioether (sulfide) groups is 1. The number of hydrogen-bond acceptors (Lipinski definition) is 4. The molecular weight excluding hydrogens is 252 g/mol. The molecule has 1 heterocycles. The van der Waals surface area contributed by atoms with Gasteiger partial charge in [-0.05, 0) is 24.6 Å². The fourth-order valence-electron chi connectivity index (χ4n) is 1.53. The highest BCUT2D eigenvalue weighted by Crippen LogP contribution is 2.19. The third-order valence-electron chi connectivity index (χ3n) is 2.32. The lowest BCUT2D eigenvalue weighted by atomic mass is 10.2. The molecule has 5 heteroatoms. The highest BCUT2D eigenvalue weighted by atomic mass is 32.2. The molecule has 1 N–H and O–H groups in total. The molecular formula is C12H16N2OS2. The summed E-state index contributed by atoms with van der Waals surface area (Å²) >= 11 is 5.77. The maximum absolute atomic E-state index is 5.36. The molecule has 0 bridgehead atoms. The molecule has 0 radical (unpaired) electrons. The van der Waals surface area contributed by atoms with E-state index in [1.807, 2.05) is 6.07 Å². The molecule has 0 amide bonds. The minimum atomic E-state index is 0.711. The predicted molar refractivity (Wildman–Crippen MR) is 76.2 cm³/mol. The van der Waals surface area contributed by atoms with Gasteiger partial charge in [0.1, 0.15) is 0 Å². The Morgan fingerprint density at radius 3 is 3.12 bits per heavy atom. The number of imidazole rings is 1. The van der Waals surface area contributed by atoms with Crippen molar-refractivity contribution in [3.63, 3.8) is 0 Å². The summed E-state index contributed by atoms with van der Waals surface area (Å²) in [4.78, 5) is 7.82. The molecule has 0 unspecified atom stereocenters. The number of thiol groups is 1. The van der Waals surface area contributed by atoms with Crippen molar-refractivity contribution in [1.82, 2.24) is 9.97 Å². The molecule has 0 aliphatic carbocycles. The second-order valence-corrected chi connectivity index (χ2v) is 5.28. The van der Waals surface area contributed by atoms with Gasteiger partial charge in [0.2, 0.25) is 0 Å². The van der Waals surface area contributed by atoms with Gasteiger partial charge in [0.15, 0.2) is 5.16 Å². The summed E-state index contributed by atoms with van der Waals surface area (Å²) in [6.07, 6.45) is 0. The van der Waals surface area contributed by atoms with Crippen molar-refractivity contribution in [3.8, 4) is 0 Å². The molecule has 3 nitrogen and oxygen atoms in total. The number of rotatable bonds is 6. The number of aromatic nitrogens is 2. The summed E-state index contributed by atoms with van der Waals surface area (Å²) in [5.74, 6) is 1.68. The zero-order valence-electron chi connectivity index (χ0n) is 9.77. The molecule has 0 saturated carbocycles. The monoisotopic (exact) mass is 268 g/mol. The van der Waals surface area contributed by atoms with Crippen molar-refractivity contribution >= 4 is 35.4 Å². The van der Waals surface area contributed by atoms with E-state index in [-0.39, 0.29) is 0 Å². The Hall–Kier alpha value is -0.650. The number of nitrogens with zero attached hydrogens (tertiary/aromatic N) is 1. The average molecular weight is 268 g/mol. The lowest BCUT2D eigenvalue weighted by Crippen LogP contribution is -2.00. The Labute approximate surface area is 111 Å². The van der Waals surface area contributed by atoms with Crippen molar-refractivity contribution in [2.45, 2.75) is 12.1 Å². The molecule has 2 aromatic rings. The molecule has 0 aliphatic rings. The predicted octanol–water partition coefficient (Wildman–Crippen LogP) is 2.91. The van der Waals surface area contributed by atoms with Crippen molar-refractivity contribution in [2.24, 2.45) is 0 Å². The van der Waals surface area contributed by atoms with Gasteiger partial charge < -0.3 is 9.72 Å². The Balaban J connectivity index is 1.91.